The summed E-state index contributed by atoms with van der Waals surface area (Å²) in [5, 5.41) is 11.6. The van der Waals surface area contributed by atoms with Crippen LogP contribution < -0.4 is 15.2 Å². The fourth-order valence-corrected chi connectivity index (χ4v) is 3.43. The van der Waals surface area contributed by atoms with Gasteiger partial charge in [-0.3, -0.25) is 10.1 Å². The first-order valence-electron chi connectivity index (χ1n) is 7.94. The summed E-state index contributed by atoms with van der Waals surface area (Å²) in [6.45, 7) is 1.02. The Bertz CT molecular complexity index is 853. The summed E-state index contributed by atoms with van der Waals surface area (Å²) in [7, 11) is 0. The summed E-state index contributed by atoms with van der Waals surface area (Å²) < 4.78 is 13.2. The Morgan fingerprint density at radius 3 is 2.62 bits per heavy atom. The van der Waals surface area contributed by atoms with Crippen molar-refractivity contribution in [2.45, 2.75) is 12.5 Å². The quantitative estimate of drug-likeness (QED) is 0.365. The average Bonchev–Trinajstić information content (AvgIpc) is 2.62. The normalized spacial score (nSPS) is 15.7. The molecule has 26 heavy (non-hydrogen) atoms. The first-order valence-corrected chi connectivity index (χ1v) is 9.52. The van der Waals surface area contributed by atoms with Gasteiger partial charge < -0.3 is 15.2 Å². The molecule has 1 aliphatic heterocycles. The third-order valence-corrected chi connectivity index (χ3v) is 4.97. The average molecular weight is 484 g/mol. The molecule has 6 nitrogen and oxygen atoms in total. The van der Waals surface area contributed by atoms with E-state index in [-0.39, 0.29) is 5.70 Å². The zero-order valence-electron chi connectivity index (χ0n) is 13.7. The second kappa shape index (κ2) is 8.20. The number of nitro groups is 1. The van der Waals surface area contributed by atoms with Crippen LogP contribution in [0.4, 0.5) is 0 Å². The van der Waals surface area contributed by atoms with E-state index < -0.39 is 11.0 Å². The minimum Gasteiger partial charge on any atom is -0.493 e. The predicted octanol–water partition coefficient (Wildman–Crippen LogP) is 4.69. The van der Waals surface area contributed by atoms with E-state index in [4.69, 9.17) is 15.2 Å². The Labute approximate surface area is 167 Å². The van der Waals surface area contributed by atoms with Crippen LogP contribution in [0.15, 0.2) is 51.0 Å². The molecule has 0 saturated heterocycles. The van der Waals surface area contributed by atoms with Crippen molar-refractivity contribution in [1.29, 1.82) is 0 Å². The molecule has 136 valence electrons. The number of halogens is 2. The van der Waals surface area contributed by atoms with E-state index in [2.05, 4.69) is 31.9 Å². The van der Waals surface area contributed by atoms with Gasteiger partial charge >= 0.3 is 0 Å². The first kappa shape index (κ1) is 18.9. The first-order chi connectivity index (χ1) is 12.5. The van der Waals surface area contributed by atoms with Gasteiger partial charge in [0.05, 0.1) is 16.0 Å². The molecule has 1 unspecified atom stereocenters. The molecule has 2 aromatic carbocycles. The lowest BCUT2D eigenvalue weighted by Gasteiger charge is -2.24. The number of hydrogen-bond donors (Lipinski definition) is 1. The molecule has 0 bridgehead atoms. The zero-order chi connectivity index (χ0) is 18.7. The van der Waals surface area contributed by atoms with Gasteiger partial charge in [-0.25, -0.2) is 0 Å². The number of nitrogens with two attached hydrogens (primary N) is 1. The Hall–Kier alpha value is -1.90. The van der Waals surface area contributed by atoms with Crippen molar-refractivity contribution in [2.24, 2.45) is 5.73 Å². The second-order valence-electron chi connectivity index (χ2n) is 5.69. The van der Waals surface area contributed by atoms with Crippen LogP contribution >= 0.6 is 31.9 Å². The molecule has 0 aromatic heterocycles. The number of fused-ring (bicyclic) bond motifs is 1. The number of ether oxygens (including phenoxy) is 2. The summed E-state index contributed by atoms with van der Waals surface area (Å²) in [4.78, 5) is 11.2. The molecule has 0 aliphatic carbocycles. The van der Waals surface area contributed by atoms with Gasteiger partial charge in [0.15, 0.2) is 0 Å². The van der Waals surface area contributed by atoms with E-state index >= 15 is 0 Å². The molecule has 0 saturated carbocycles. The summed E-state index contributed by atoms with van der Waals surface area (Å²) >= 11 is 6.84. The monoisotopic (exact) mass is 482 g/mol. The lowest BCUT2D eigenvalue weighted by molar-refractivity contribution is -0.434. The summed E-state index contributed by atoms with van der Waals surface area (Å²) in [6, 6.07) is 10.8. The maximum atomic E-state index is 11.6. The van der Waals surface area contributed by atoms with E-state index in [0.717, 1.165) is 10.9 Å². The minimum atomic E-state index is -0.786. The van der Waals surface area contributed by atoms with Crippen molar-refractivity contribution in [3.63, 3.8) is 0 Å². The fraction of sp³-hybridized carbons (Fsp3) is 0.222. The molecule has 0 spiro atoms. The van der Waals surface area contributed by atoms with E-state index in [0.29, 0.717) is 40.3 Å². The lowest BCUT2D eigenvalue weighted by Crippen LogP contribution is -2.20. The van der Waals surface area contributed by atoms with Gasteiger partial charge in [0.25, 0.3) is 5.70 Å². The highest BCUT2D eigenvalue weighted by Gasteiger charge is 2.34. The van der Waals surface area contributed by atoms with E-state index in [1.165, 1.54) is 6.08 Å². The molecule has 0 fully saturated rings. The highest BCUT2D eigenvalue weighted by atomic mass is 79.9. The Morgan fingerprint density at radius 1 is 1.23 bits per heavy atom. The van der Waals surface area contributed by atoms with Crippen LogP contribution in [0.1, 0.15) is 23.7 Å². The summed E-state index contributed by atoms with van der Waals surface area (Å²) in [6.07, 6.45) is 1.48. The molecule has 3 rings (SSSR count). The highest BCUT2D eigenvalue weighted by Crippen LogP contribution is 2.43. The topological polar surface area (TPSA) is 87.6 Å². The van der Waals surface area contributed by atoms with E-state index in [1.54, 1.807) is 24.3 Å². The molecular formula is C18H16Br2N2O4. The van der Waals surface area contributed by atoms with Crippen molar-refractivity contribution in [3.8, 4) is 11.5 Å². The van der Waals surface area contributed by atoms with Gasteiger partial charge in [0.1, 0.15) is 11.5 Å². The third-order valence-electron chi connectivity index (χ3n) is 3.85. The van der Waals surface area contributed by atoms with Gasteiger partial charge in [-0.15, -0.1) is 0 Å². The van der Waals surface area contributed by atoms with Gasteiger partial charge in [-0.2, -0.15) is 0 Å². The minimum absolute atomic E-state index is 0.0224. The van der Waals surface area contributed by atoms with Crippen molar-refractivity contribution in [3.05, 3.63) is 72.3 Å². The highest BCUT2D eigenvalue weighted by molar-refractivity contribution is 9.10. The second-order valence-corrected chi connectivity index (χ2v) is 7.46. The van der Waals surface area contributed by atoms with Gasteiger partial charge in [0.2, 0.25) is 6.10 Å². The number of hydrogen-bond acceptors (Lipinski definition) is 5. The third kappa shape index (κ3) is 4.08. The van der Waals surface area contributed by atoms with Gasteiger partial charge in [0, 0.05) is 21.7 Å². The molecule has 0 amide bonds. The van der Waals surface area contributed by atoms with Crippen molar-refractivity contribution >= 4 is 37.9 Å². The molecule has 1 heterocycles. The Kier molecular flexibility index (Phi) is 5.95. The van der Waals surface area contributed by atoms with Crippen LogP contribution in [0.3, 0.4) is 0 Å². The van der Waals surface area contributed by atoms with E-state index in [9.17, 15) is 10.1 Å². The SMILES string of the molecule is NCCCOc1cc(Br)c2c(c1)C=C([N+](=O)[O-])C(c1ccc(Br)cc1)O2. The largest absolute Gasteiger partial charge is 0.493 e. The maximum absolute atomic E-state index is 11.6. The van der Waals surface area contributed by atoms with Crippen LogP contribution in [0.5, 0.6) is 11.5 Å². The number of nitrogens with zero attached hydrogens (tertiary/aromatic N) is 1. The van der Waals surface area contributed by atoms with Crippen molar-refractivity contribution in [2.75, 3.05) is 13.2 Å². The Morgan fingerprint density at radius 2 is 1.96 bits per heavy atom. The van der Waals surface area contributed by atoms with Crippen molar-refractivity contribution < 1.29 is 14.4 Å². The molecule has 2 N–H and O–H groups in total. The predicted molar refractivity (Wildman–Crippen MR) is 106 cm³/mol. The molecule has 2 aromatic rings. The molecule has 0 radical (unpaired) electrons. The number of benzene rings is 2. The summed E-state index contributed by atoms with van der Waals surface area (Å²) in [5.74, 6) is 1.16. The lowest BCUT2D eigenvalue weighted by atomic mass is 10.0. The van der Waals surface area contributed by atoms with Gasteiger partial charge in [-0.05, 0) is 53.2 Å². The van der Waals surface area contributed by atoms with Gasteiger partial charge in [-0.1, -0.05) is 28.1 Å². The van der Waals surface area contributed by atoms with Crippen molar-refractivity contribution in [1.82, 2.24) is 0 Å². The zero-order valence-corrected chi connectivity index (χ0v) is 16.8. The molecule has 1 aliphatic rings. The molecule has 8 heteroatoms. The van der Waals surface area contributed by atoms with Crippen LogP contribution in [-0.2, 0) is 0 Å². The standard InChI is InChI=1S/C18H16Br2N2O4/c19-13-4-2-11(3-5-13)18-16(22(23)24)9-12-8-14(25-7-1-6-21)10-15(20)17(12)26-18/h2-5,8-10,18H,1,6-7,21H2. The van der Waals surface area contributed by atoms with Crippen LogP contribution in [0.25, 0.3) is 6.08 Å². The smallest absolute Gasteiger partial charge is 0.291 e. The number of rotatable bonds is 6. The molecule has 1 atom stereocenters. The summed E-state index contributed by atoms with van der Waals surface area (Å²) in [5.41, 5.74) is 6.75. The Balaban J connectivity index is 1.98. The molecular weight excluding hydrogens is 468 g/mol. The van der Waals surface area contributed by atoms with Crippen LogP contribution in [-0.4, -0.2) is 18.1 Å². The van der Waals surface area contributed by atoms with Crippen LogP contribution in [0.2, 0.25) is 0 Å². The van der Waals surface area contributed by atoms with Crippen LogP contribution in [0, 0.1) is 10.1 Å². The maximum Gasteiger partial charge on any atom is 0.291 e. The van der Waals surface area contributed by atoms with E-state index in [1.807, 2.05) is 12.1 Å². The fourth-order valence-electron chi connectivity index (χ4n) is 2.62.